The molecule has 0 bridgehead atoms. The van der Waals surface area contributed by atoms with E-state index >= 15 is 0 Å². The van der Waals surface area contributed by atoms with Crippen molar-refractivity contribution in [1.29, 1.82) is 0 Å². The minimum absolute atomic E-state index is 0.424. The van der Waals surface area contributed by atoms with Gasteiger partial charge in [-0.2, -0.15) is 4.98 Å². The fourth-order valence-electron chi connectivity index (χ4n) is 1.21. The first-order valence-corrected chi connectivity index (χ1v) is 6.22. The highest BCUT2D eigenvalue weighted by Gasteiger charge is 2.03. The molecule has 0 saturated carbocycles. The molecule has 3 nitrogen and oxygen atoms in total. The van der Waals surface area contributed by atoms with E-state index in [1.807, 2.05) is 24.4 Å². The van der Waals surface area contributed by atoms with Gasteiger partial charge in [-0.3, -0.25) is 0 Å². The summed E-state index contributed by atoms with van der Waals surface area (Å²) < 4.78 is 5.55. The van der Waals surface area contributed by atoms with Gasteiger partial charge >= 0.3 is 0 Å². The Morgan fingerprint density at radius 2 is 2.31 bits per heavy atom. The predicted octanol–water partition coefficient (Wildman–Crippen LogP) is 3.33. The van der Waals surface area contributed by atoms with E-state index in [1.54, 1.807) is 17.4 Å². The Hall–Kier alpha value is -1.13. The normalized spacial score (nSPS) is 10.4. The average Bonchev–Trinajstić information content (AvgIpc) is 2.78. The van der Waals surface area contributed by atoms with Gasteiger partial charge in [0, 0.05) is 17.4 Å². The molecule has 5 heteroatoms. The molecule has 0 fully saturated rings. The third-order valence-electron chi connectivity index (χ3n) is 1.98. The molecule has 2 heterocycles. The minimum atomic E-state index is 0.424. The zero-order valence-electron chi connectivity index (χ0n) is 8.81. The highest BCUT2D eigenvalue weighted by atomic mass is 35.5. The minimum Gasteiger partial charge on any atom is -0.472 e. The van der Waals surface area contributed by atoms with Gasteiger partial charge in [0.05, 0.1) is 0 Å². The summed E-state index contributed by atoms with van der Waals surface area (Å²) in [5, 5.41) is 2.44. The summed E-state index contributed by atoms with van der Waals surface area (Å²) in [5.74, 6) is 1.24. The molecule has 0 unspecified atom stereocenters. The van der Waals surface area contributed by atoms with Crippen LogP contribution in [-0.2, 0) is 13.0 Å². The number of hydrogen-bond acceptors (Lipinski definition) is 4. The first-order valence-electron chi connectivity index (χ1n) is 4.96. The number of hydrogen-bond donors (Lipinski definition) is 0. The summed E-state index contributed by atoms with van der Waals surface area (Å²) in [6.45, 7) is 2.50. The topological polar surface area (TPSA) is 35.0 Å². The molecular formula is C11H11ClN2OS. The fourth-order valence-corrected chi connectivity index (χ4v) is 2.02. The Balaban J connectivity index is 2.06. The lowest BCUT2D eigenvalue weighted by atomic mass is 10.4. The van der Waals surface area contributed by atoms with Crippen LogP contribution in [-0.4, -0.2) is 9.97 Å². The highest BCUT2D eigenvalue weighted by Crippen LogP contribution is 2.17. The molecule has 2 aromatic rings. The average molecular weight is 255 g/mol. The van der Waals surface area contributed by atoms with Crippen LogP contribution in [0.3, 0.4) is 0 Å². The van der Waals surface area contributed by atoms with Crippen molar-refractivity contribution in [2.24, 2.45) is 0 Å². The number of nitrogens with zero attached hydrogens (tertiary/aromatic N) is 2. The van der Waals surface area contributed by atoms with Crippen molar-refractivity contribution in [3.05, 3.63) is 39.4 Å². The molecule has 0 aliphatic heterocycles. The van der Waals surface area contributed by atoms with Crippen LogP contribution < -0.4 is 4.74 Å². The SMILES string of the molecule is CCc1nc(Cl)cc(OCc2cccs2)n1. The van der Waals surface area contributed by atoms with Gasteiger partial charge in [0.1, 0.15) is 17.6 Å². The number of aromatic nitrogens is 2. The zero-order chi connectivity index (χ0) is 11.4. The fraction of sp³-hybridized carbons (Fsp3) is 0.273. The molecule has 0 aliphatic rings. The van der Waals surface area contributed by atoms with E-state index < -0.39 is 0 Å². The quantitative estimate of drug-likeness (QED) is 0.785. The van der Waals surface area contributed by atoms with Crippen molar-refractivity contribution >= 4 is 22.9 Å². The van der Waals surface area contributed by atoms with Crippen molar-refractivity contribution in [1.82, 2.24) is 9.97 Å². The molecule has 16 heavy (non-hydrogen) atoms. The van der Waals surface area contributed by atoms with Gasteiger partial charge in [-0.15, -0.1) is 11.3 Å². The number of aryl methyl sites for hydroxylation is 1. The molecule has 0 amide bonds. The lowest BCUT2D eigenvalue weighted by Gasteiger charge is -2.05. The van der Waals surface area contributed by atoms with Crippen molar-refractivity contribution in [3.63, 3.8) is 0 Å². The molecule has 0 atom stereocenters. The number of thiophene rings is 1. The summed E-state index contributed by atoms with van der Waals surface area (Å²) in [4.78, 5) is 9.47. The van der Waals surface area contributed by atoms with Gasteiger partial charge in [-0.1, -0.05) is 24.6 Å². The van der Waals surface area contributed by atoms with Gasteiger partial charge in [-0.25, -0.2) is 4.98 Å². The van der Waals surface area contributed by atoms with Crippen molar-refractivity contribution < 1.29 is 4.74 Å². The molecule has 0 aliphatic carbocycles. The number of ether oxygens (including phenoxy) is 1. The molecule has 2 aromatic heterocycles. The summed E-state index contributed by atoms with van der Waals surface area (Å²) >= 11 is 7.52. The van der Waals surface area contributed by atoms with Crippen LogP contribution in [0.2, 0.25) is 5.15 Å². The van der Waals surface area contributed by atoms with Crippen LogP contribution in [0.5, 0.6) is 5.88 Å². The van der Waals surface area contributed by atoms with Gasteiger partial charge < -0.3 is 4.74 Å². The van der Waals surface area contributed by atoms with Crippen LogP contribution >= 0.6 is 22.9 Å². The largest absolute Gasteiger partial charge is 0.472 e. The van der Waals surface area contributed by atoms with Gasteiger partial charge in [0.2, 0.25) is 5.88 Å². The van der Waals surface area contributed by atoms with E-state index in [0.717, 1.165) is 11.3 Å². The monoisotopic (exact) mass is 254 g/mol. The van der Waals surface area contributed by atoms with E-state index in [0.29, 0.717) is 23.5 Å². The van der Waals surface area contributed by atoms with E-state index in [4.69, 9.17) is 16.3 Å². The molecule has 84 valence electrons. The summed E-state index contributed by atoms with van der Waals surface area (Å²) in [6.07, 6.45) is 0.746. The number of rotatable bonds is 4. The Morgan fingerprint density at radius 3 is 3.00 bits per heavy atom. The van der Waals surface area contributed by atoms with Crippen LogP contribution in [0, 0.1) is 0 Å². The zero-order valence-corrected chi connectivity index (χ0v) is 10.4. The Morgan fingerprint density at radius 1 is 1.44 bits per heavy atom. The molecule has 2 rings (SSSR count). The maximum absolute atomic E-state index is 5.86. The van der Waals surface area contributed by atoms with Crippen LogP contribution in [0.1, 0.15) is 17.6 Å². The second-order valence-electron chi connectivity index (χ2n) is 3.17. The second-order valence-corrected chi connectivity index (χ2v) is 4.59. The Bertz CT molecular complexity index is 459. The van der Waals surface area contributed by atoms with Crippen LogP contribution in [0.4, 0.5) is 0 Å². The highest BCUT2D eigenvalue weighted by molar-refractivity contribution is 7.09. The molecular weight excluding hydrogens is 244 g/mol. The second kappa shape index (κ2) is 5.27. The maximum Gasteiger partial charge on any atom is 0.218 e. The molecule has 0 radical (unpaired) electrons. The van der Waals surface area contributed by atoms with E-state index in [1.165, 1.54) is 0 Å². The first kappa shape index (κ1) is 11.4. The predicted molar refractivity (Wildman–Crippen MR) is 65.1 cm³/mol. The number of halogens is 1. The third kappa shape index (κ3) is 2.93. The lowest BCUT2D eigenvalue weighted by molar-refractivity contribution is 0.295. The molecule has 0 N–H and O–H groups in total. The lowest BCUT2D eigenvalue weighted by Crippen LogP contribution is -1.99. The summed E-state index contributed by atoms with van der Waals surface area (Å²) in [5.41, 5.74) is 0. The van der Waals surface area contributed by atoms with E-state index in [2.05, 4.69) is 9.97 Å². The van der Waals surface area contributed by atoms with Crippen LogP contribution in [0.25, 0.3) is 0 Å². The molecule has 0 aromatic carbocycles. The van der Waals surface area contributed by atoms with E-state index in [9.17, 15) is 0 Å². The van der Waals surface area contributed by atoms with Gasteiger partial charge in [-0.05, 0) is 11.4 Å². The van der Waals surface area contributed by atoms with Crippen molar-refractivity contribution in [2.75, 3.05) is 0 Å². The van der Waals surface area contributed by atoms with Crippen molar-refractivity contribution in [3.8, 4) is 5.88 Å². The summed E-state index contributed by atoms with van der Waals surface area (Å²) in [7, 11) is 0. The summed E-state index contributed by atoms with van der Waals surface area (Å²) in [6, 6.07) is 5.65. The Kier molecular flexibility index (Phi) is 3.74. The van der Waals surface area contributed by atoms with Gasteiger partial charge in [0.15, 0.2) is 0 Å². The smallest absolute Gasteiger partial charge is 0.218 e. The van der Waals surface area contributed by atoms with Gasteiger partial charge in [0.25, 0.3) is 0 Å². The first-order chi connectivity index (χ1) is 7.78. The van der Waals surface area contributed by atoms with Crippen molar-refractivity contribution in [2.45, 2.75) is 20.0 Å². The van der Waals surface area contributed by atoms with E-state index in [-0.39, 0.29) is 0 Å². The standard InChI is InChI=1S/C11H11ClN2OS/c1-2-10-13-9(12)6-11(14-10)15-7-8-4-3-5-16-8/h3-6H,2,7H2,1H3. The Labute approximate surface area is 103 Å². The maximum atomic E-state index is 5.86. The third-order valence-corrected chi connectivity index (χ3v) is 3.02. The molecule has 0 spiro atoms. The molecule has 0 saturated heterocycles. The van der Waals surface area contributed by atoms with Crippen LogP contribution in [0.15, 0.2) is 23.6 Å².